The van der Waals surface area contributed by atoms with Crippen LogP contribution in [0.3, 0.4) is 0 Å². The van der Waals surface area contributed by atoms with Gasteiger partial charge in [-0.1, -0.05) is 132 Å². The second kappa shape index (κ2) is 14.0. The van der Waals surface area contributed by atoms with Crippen LogP contribution in [0.15, 0.2) is 54.6 Å². The molecule has 1 amide bonds. The summed E-state index contributed by atoms with van der Waals surface area (Å²) in [6.45, 7) is 0.0876. The lowest BCUT2D eigenvalue weighted by Crippen LogP contribution is -2.76. The van der Waals surface area contributed by atoms with E-state index in [1.165, 1.54) is 122 Å². The molecule has 0 aromatic heterocycles. The lowest BCUT2D eigenvalue weighted by molar-refractivity contribution is -0.198. The molecule has 5 saturated carbocycles. The van der Waals surface area contributed by atoms with Crippen LogP contribution in [0.25, 0.3) is 0 Å². The second-order valence-electron chi connectivity index (χ2n) is 13.6. The molecular formula is C36H53NO2. The Balaban J connectivity index is 1.04. The first-order valence-corrected chi connectivity index (χ1v) is 16.5. The number of carbonyl (C=O) groups is 1. The molecule has 0 saturated heterocycles. The maximum absolute atomic E-state index is 12.7. The maximum atomic E-state index is 12.7. The Kier molecular flexibility index (Phi) is 10.3. The molecule has 3 heteroatoms. The van der Waals surface area contributed by atoms with Crippen LogP contribution in [0.4, 0.5) is 0 Å². The Morgan fingerprint density at radius 3 is 1.64 bits per heavy atom. The molecule has 0 atom stereocenters. The summed E-state index contributed by atoms with van der Waals surface area (Å²) in [5.41, 5.74) is 0.593. The molecule has 5 aliphatic rings. The van der Waals surface area contributed by atoms with Crippen LogP contribution in [0.1, 0.15) is 122 Å². The van der Waals surface area contributed by atoms with Crippen molar-refractivity contribution in [3.63, 3.8) is 0 Å². The van der Waals surface area contributed by atoms with Crippen LogP contribution in [0.2, 0.25) is 0 Å². The van der Waals surface area contributed by atoms with E-state index in [4.69, 9.17) is 4.74 Å². The molecule has 5 fully saturated rings. The first-order valence-electron chi connectivity index (χ1n) is 16.5. The summed E-state index contributed by atoms with van der Waals surface area (Å²) in [5.74, 6) is 3.61. The summed E-state index contributed by atoms with van der Waals surface area (Å²) in [4.78, 5) is 12.7. The number of hydrogen-bond acceptors (Lipinski definition) is 2. The number of ether oxygens (including phenoxy) is 1. The molecule has 1 aromatic rings. The molecular weight excluding hydrogens is 478 g/mol. The predicted octanol–water partition coefficient (Wildman–Crippen LogP) is 9.35. The van der Waals surface area contributed by atoms with Gasteiger partial charge in [0.15, 0.2) is 6.61 Å². The van der Waals surface area contributed by atoms with Crippen LogP contribution in [0.5, 0.6) is 5.75 Å². The van der Waals surface area contributed by atoms with Crippen molar-refractivity contribution < 1.29 is 9.53 Å². The summed E-state index contributed by atoms with van der Waals surface area (Å²) in [6.07, 6.45) is 27.1. The van der Waals surface area contributed by atoms with Crippen molar-refractivity contribution in [1.82, 2.24) is 5.32 Å². The third-order valence-corrected chi connectivity index (χ3v) is 10.7. The van der Waals surface area contributed by atoms with Crippen molar-refractivity contribution in [2.45, 2.75) is 128 Å². The average Bonchev–Trinajstić information content (AvgIpc) is 2.94. The molecule has 1 aromatic carbocycles. The van der Waals surface area contributed by atoms with Gasteiger partial charge in [-0.3, -0.25) is 4.79 Å². The highest BCUT2D eigenvalue weighted by Gasteiger charge is 2.70. The third-order valence-electron chi connectivity index (χ3n) is 10.7. The van der Waals surface area contributed by atoms with E-state index in [2.05, 4.69) is 5.32 Å². The Labute approximate surface area is 238 Å². The summed E-state index contributed by atoms with van der Waals surface area (Å²) >= 11 is 0. The van der Waals surface area contributed by atoms with Crippen molar-refractivity contribution in [3.8, 4) is 5.75 Å². The standard InChI is InChI=1S/C36H53NO2/c38-34(26-39-33-24-14-10-6-3-7-11-15-25-33)37-36-27-35(28-36,29-36)32-22-16-20-31(21-17-23-32)30-18-12-8-4-1-2-5-9-13-19-30/h3,6-7,10-11,14-15,24-25,30-32H,1-2,4-5,8-9,12-13,16-23,26-29H2,(H,37,38). The zero-order chi connectivity index (χ0) is 26.8. The summed E-state index contributed by atoms with van der Waals surface area (Å²) in [6, 6.07) is 17.6. The highest BCUT2D eigenvalue weighted by atomic mass is 16.5. The molecule has 0 radical (unpaired) electrons. The number of rotatable bonds is 6. The molecule has 214 valence electrons. The Morgan fingerprint density at radius 2 is 1.10 bits per heavy atom. The molecule has 3 nitrogen and oxygen atoms in total. The van der Waals surface area contributed by atoms with Gasteiger partial charge in [0.1, 0.15) is 5.75 Å². The second-order valence-corrected chi connectivity index (χ2v) is 13.6. The van der Waals surface area contributed by atoms with Crippen molar-refractivity contribution in [3.05, 3.63) is 54.6 Å². The van der Waals surface area contributed by atoms with Crippen LogP contribution < -0.4 is 10.1 Å². The average molecular weight is 532 g/mol. The Morgan fingerprint density at radius 1 is 0.641 bits per heavy atom. The van der Waals surface area contributed by atoms with Crippen molar-refractivity contribution in [2.75, 3.05) is 6.61 Å². The van der Waals surface area contributed by atoms with E-state index in [0.717, 1.165) is 17.8 Å². The quantitative estimate of drug-likeness (QED) is 0.397. The SMILES string of the molecule is O=C(COc1ccccccccc1)NC12CC(C3CCCC(C4CCCCCCCCCC4)CCC3)(C1)C2. The first-order chi connectivity index (χ1) is 19.2. The number of hydrogen-bond donors (Lipinski definition) is 1. The molecule has 5 aliphatic carbocycles. The van der Waals surface area contributed by atoms with E-state index >= 15 is 0 Å². The van der Waals surface area contributed by atoms with Crippen LogP contribution in [-0.2, 0) is 4.79 Å². The van der Waals surface area contributed by atoms with Crippen LogP contribution in [-0.4, -0.2) is 18.1 Å². The number of amides is 1. The smallest absolute Gasteiger partial charge is 0.258 e. The van der Waals surface area contributed by atoms with Crippen molar-refractivity contribution in [1.29, 1.82) is 0 Å². The van der Waals surface area contributed by atoms with Crippen LogP contribution in [0, 0.1) is 23.2 Å². The van der Waals surface area contributed by atoms with Gasteiger partial charge in [-0.05, 0) is 67.4 Å². The fourth-order valence-electron chi connectivity index (χ4n) is 8.80. The van der Waals surface area contributed by atoms with Gasteiger partial charge in [0.2, 0.25) is 0 Å². The van der Waals surface area contributed by atoms with Gasteiger partial charge in [-0.25, -0.2) is 0 Å². The summed E-state index contributed by atoms with van der Waals surface area (Å²) in [5, 5.41) is 3.36. The molecule has 1 N–H and O–H groups in total. The monoisotopic (exact) mass is 531 g/mol. The molecule has 0 aliphatic heterocycles. The highest BCUT2D eigenvalue weighted by molar-refractivity contribution is 5.79. The minimum atomic E-state index is 0.0241. The lowest BCUT2D eigenvalue weighted by Gasteiger charge is -2.73. The van der Waals surface area contributed by atoms with E-state index < -0.39 is 0 Å². The van der Waals surface area contributed by atoms with E-state index in [1.807, 2.05) is 54.6 Å². The van der Waals surface area contributed by atoms with Gasteiger partial charge in [-0.2, -0.15) is 0 Å². The number of nitrogens with one attached hydrogen (secondary N) is 1. The fraction of sp³-hybridized carbons (Fsp3) is 0.694. The first kappa shape index (κ1) is 28.5. The minimum absolute atomic E-state index is 0.0241. The van der Waals surface area contributed by atoms with Gasteiger partial charge < -0.3 is 10.1 Å². The molecule has 6 rings (SSSR count). The van der Waals surface area contributed by atoms with E-state index in [-0.39, 0.29) is 18.1 Å². The van der Waals surface area contributed by atoms with Gasteiger partial charge >= 0.3 is 0 Å². The molecule has 0 spiro atoms. The predicted molar refractivity (Wildman–Crippen MR) is 161 cm³/mol. The van der Waals surface area contributed by atoms with Crippen LogP contribution >= 0.6 is 0 Å². The minimum Gasteiger partial charge on any atom is -0.484 e. The van der Waals surface area contributed by atoms with E-state index in [9.17, 15) is 4.79 Å². The zero-order valence-electron chi connectivity index (χ0n) is 24.4. The van der Waals surface area contributed by atoms with E-state index in [0.29, 0.717) is 11.2 Å². The maximum Gasteiger partial charge on any atom is 0.258 e. The molecule has 2 bridgehead atoms. The topological polar surface area (TPSA) is 38.3 Å². The van der Waals surface area contributed by atoms with Gasteiger partial charge in [0.05, 0.1) is 0 Å². The third kappa shape index (κ3) is 7.80. The molecule has 39 heavy (non-hydrogen) atoms. The van der Waals surface area contributed by atoms with Crippen molar-refractivity contribution >= 4 is 5.91 Å². The zero-order valence-corrected chi connectivity index (χ0v) is 24.4. The van der Waals surface area contributed by atoms with Gasteiger partial charge in [0, 0.05) is 5.54 Å². The molecule has 0 heterocycles. The summed E-state index contributed by atoms with van der Waals surface area (Å²) in [7, 11) is 0. The molecule has 0 unspecified atom stereocenters. The summed E-state index contributed by atoms with van der Waals surface area (Å²) < 4.78 is 5.83. The normalized spacial score (nSPS) is 32.0. The highest BCUT2D eigenvalue weighted by Crippen LogP contribution is 2.72. The van der Waals surface area contributed by atoms with Gasteiger partial charge in [0.25, 0.3) is 5.91 Å². The van der Waals surface area contributed by atoms with E-state index in [1.54, 1.807) is 0 Å². The fourth-order valence-corrected chi connectivity index (χ4v) is 8.80. The largest absolute Gasteiger partial charge is 0.484 e. The lowest BCUT2D eigenvalue weighted by atomic mass is 9.35. The Hall–Kier alpha value is -2.03. The number of carbonyl (C=O) groups excluding carboxylic acids is 1. The van der Waals surface area contributed by atoms with Crippen molar-refractivity contribution in [2.24, 2.45) is 23.2 Å². The Bertz CT molecular complexity index is 905. The van der Waals surface area contributed by atoms with Gasteiger partial charge in [-0.15, -0.1) is 0 Å².